The number of urea groups is 1. The molecule has 3 heterocycles. The monoisotopic (exact) mass is 372 g/mol. The Bertz CT molecular complexity index is 976. The van der Waals surface area contributed by atoms with Gasteiger partial charge in [0.05, 0.1) is 11.6 Å². The Kier molecular flexibility index (Phi) is 4.50. The summed E-state index contributed by atoms with van der Waals surface area (Å²) < 4.78 is 6.83. The lowest BCUT2D eigenvalue weighted by atomic mass is 10.0. The number of rotatable bonds is 3. The van der Waals surface area contributed by atoms with Gasteiger partial charge in [-0.1, -0.05) is 0 Å². The zero-order valence-corrected chi connectivity index (χ0v) is 15.3. The van der Waals surface area contributed by atoms with Crippen LogP contribution in [0.1, 0.15) is 37.2 Å². The SMILES string of the molecule is CCn1c(=O)oc2cc(NC(=O)N3CCCC[C@@H]3c3nccs3)ccc21. The van der Waals surface area contributed by atoms with Crippen LogP contribution in [-0.2, 0) is 6.54 Å². The minimum absolute atomic E-state index is 0.0200. The van der Waals surface area contributed by atoms with Crippen LogP contribution in [0, 0.1) is 0 Å². The van der Waals surface area contributed by atoms with Crippen LogP contribution in [0.2, 0.25) is 0 Å². The largest absolute Gasteiger partial charge is 0.419 e. The van der Waals surface area contributed by atoms with Crippen LogP contribution in [0.3, 0.4) is 0 Å². The third kappa shape index (κ3) is 3.01. The van der Waals surface area contributed by atoms with E-state index in [4.69, 9.17) is 4.42 Å². The molecular weight excluding hydrogens is 352 g/mol. The summed E-state index contributed by atoms with van der Waals surface area (Å²) in [4.78, 5) is 30.9. The Labute approximate surface area is 154 Å². The van der Waals surface area contributed by atoms with Gasteiger partial charge in [-0.05, 0) is 38.3 Å². The van der Waals surface area contributed by atoms with E-state index in [1.54, 1.807) is 40.3 Å². The average molecular weight is 372 g/mol. The van der Waals surface area contributed by atoms with Gasteiger partial charge in [0.15, 0.2) is 5.58 Å². The molecule has 3 aromatic rings. The maximum absolute atomic E-state index is 12.8. The minimum Gasteiger partial charge on any atom is -0.408 e. The standard InChI is InChI=1S/C18H20N4O3S/c1-2-21-13-7-6-12(11-15(13)25-18(21)24)20-17(23)22-9-4-3-5-14(22)16-19-8-10-26-16/h6-8,10-11,14H,2-5,9H2,1H3,(H,20,23)/t14-/m1/s1. The molecule has 8 heteroatoms. The van der Waals surface area contributed by atoms with Gasteiger partial charge in [-0.25, -0.2) is 14.6 Å². The number of carbonyl (C=O) groups excluding carboxylic acids is 1. The molecule has 1 N–H and O–H groups in total. The molecule has 2 amide bonds. The Morgan fingerprint density at radius 2 is 2.31 bits per heavy atom. The van der Waals surface area contributed by atoms with Crippen molar-refractivity contribution in [1.29, 1.82) is 0 Å². The molecular formula is C18H20N4O3S. The predicted molar refractivity (Wildman–Crippen MR) is 101 cm³/mol. The van der Waals surface area contributed by atoms with Crippen molar-refractivity contribution in [3.63, 3.8) is 0 Å². The van der Waals surface area contributed by atoms with Gasteiger partial charge in [-0.2, -0.15) is 0 Å². The number of likely N-dealkylation sites (tertiary alicyclic amines) is 1. The predicted octanol–water partition coefficient (Wildman–Crippen LogP) is 3.83. The number of thiazole rings is 1. The van der Waals surface area contributed by atoms with Crippen LogP contribution in [0.15, 0.2) is 39.0 Å². The Balaban J connectivity index is 1.57. The van der Waals surface area contributed by atoms with E-state index in [0.717, 1.165) is 29.8 Å². The zero-order chi connectivity index (χ0) is 18.1. The highest BCUT2D eigenvalue weighted by atomic mass is 32.1. The summed E-state index contributed by atoms with van der Waals surface area (Å²) in [7, 11) is 0. The van der Waals surface area contributed by atoms with Gasteiger partial charge in [0.2, 0.25) is 0 Å². The molecule has 2 aromatic heterocycles. The number of hydrogen-bond donors (Lipinski definition) is 1. The molecule has 4 rings (SSSR count). The highest BCUT2D eigenvalue weighted by Crippen LogP contribution is 2.32. The molecule has 1 fully saturated rings. The van der Waals surface area contributed by atoms with E-state index < -0.39 is 0 Å². The third-order valence-corrected chi connectivity index (χ3v) is 5.61. The Morgan fingerprint density at radius 1 is 1.42 bits per heavy atom. The maximum Gasteiger partial charge on any atom is 0.419 e. The first kappa shape index (κ1) is 16.8. The van der Waals surface area contributed by atoms with Gasteiger partial charge in [0.1, 0.15) is 5.01 Å². The number of nitrogens with zero attached hydrogens (tertiary/aromatic N) is 3. The molecule has 0 spiro atoms. The van der Waals surface area contributed by atoms with E-state index in [-0.39, 0.29) is 17.8 Å². The van der Waals surface area contributed by atoms with Crippen molar-refractivity contribution in [3.8, 4) is 0 Å². The molecule has 1 aliphatic heterocycles. The average Bonchev–Trinajstić information content (AvgIpc) is 3.28. The van der Waals surface area contributed by atoms with Crippen molar-refractivity contribution < 1.29 is 9.21 Å². The number of aryl methyl sites for hydroxylation is 1. The number of carbonyl (C=O) groups is 1. The first-order valence-electron chi connectivity index (χ1n) is 8.78. The van der Waals surface area contributed by atoms with Crippen LogP contribution in [0.4, 0.5) is 10.5 Å². The minimum atomic E-state index is -0.383. The van der Waals surface area contributed by atoms with Crippen molar-refractivity contribution in [2.24, 2.45) is 0 Å². The zero-order valence-electron chi connectivity index (χ0n) is 14.5. The summed E-state index contributed by atoms with van der Waals surface area (Å²) in [6.45, 7) is 3.14. The van der Waals surface area contributed by atoms with E-state index in [2.05, 4.69) is 10.3 Å². The second-order valence-corrected chi connectivity index (χ2v) is 7.23. The number of benzene rings is 1. The fraction of sp³-hybridized carbons (Fsp3) is 0.389. The van der Waals surface area contributed by atoms with Gasteiger partial charge < -0.3 is 14.6 Å². The third-order valence-electron chi connectivity index (χ3n) is 4.74. The molecule has 0 radical (unpaired) electrons. The number of hydrogen-bond acceptors (Lipinski definition) is 5. The van der Waals surface area contributed by atoms with Crippen molar-refractivity contribution in [2.75, 3.05) is 11.9 Å². The molecule has 1 aliphatic rings. The van der Waals surface area contributed by atoms with E-state index in [0.29, 0.717) is 24.4 Å². The van der Waals surface area contributed by atoms with Crippen molar-refractivity contribution in [1.82, 2.24) is 14.5 Å². The van der Waals surface area contributed by atoms with E-state index >= 15 is 0 Å². The molecule has 26 heavy (non-hydrogen) atoms. The fourth-order valence-electron chi connectivity index (χ4n) is 3.47. The van der Waals surface area contributed by atoms with E-state index in [1.807, 2.05) is 17.2 Å². The number of anilines is 1. The Morgan fingerprint density at radius 3 is 3.08 bits per heavy atom. The number of nitrogens with one attached hydrogen (secondary N) is 1. The second kappa shape index (κ2) is 6.95. The first-order valence-corrected chi connectivity index (χ1v) is 9.65. The van der Waals surface area contributed by atoms with Crippen LogP contribution >= 0.6 is 11.3 Å². The summed E-state index contributed by atoms with van der Waals surface area (Å²) in [5, 5.41) is 5.85. The summed E-state index contributed by atoms with van der Waals surface area (Å²) in [5.74, 6) is -0.383. The van der Waals surface area contributed by atoms with E-state index in [9.17, 15) is 9.59 Å². The second-order valence-electron chi connectivity index (χ2n) is 6.30. The van der Waals surface area contributed by atoms with Gasteiger partial charge in [-0.3, -0.25) is 4.57 Å². The normalized spacial score (nSPS) is 17.6. The lowest BCUT2D eigenvalue weighted by Crippen LogP contribution is -2.41. The molecule has 0 unspecified atom stereocenters. The smallest absolute Gasteiger partial charge is 0.408 e. The Hall–Kier alpha value is -2.61. The topological polar surface area (TPSA) is 80.4 Å². The molecule has 0 aliphatic carbocycles. The molecule has 7 nitrogen and oxygen atoms in total. The van der Waals surface area contributed by atoms with Gasteiger partial charge >= 0.3 is 11.8 Å². The van der Waals surface area contributed by atoms with Gasteiger partial charge in [-0.15, -0.1) is 11.3 Å². The fourth-order valence-corrected chi connectivity index (χ4v) is 4.25. The van der Waals surface area contributed by atoms with Crippen molar-refractivity contribution in [3.05, 3.63) is 45.3 Å². The molecule has 1 saturated heterocycles. The van der Waals surface area contributed by atoms with Crippen LogP contribution < -0.4 is 11.1 Å². The first-order chi connectivity index (χ1) is 12.7. The van der Waals surface area contributed by atoms with Crippen molar-refractivity contribution >= 4 is 34.2 Å². The summed E-state index contributed by atoms with van der Waals surface area (Å²) in [6, 6.07) is 5.16. The van der Waals surface area contributed by atoms with Crippen LogP contribution in [0.5, 0.6) is 0 Å². The number of oxazole rings is 1. The lowest BCUT2D eigenvalue weighted by molar-refractivity contribution is 0.163. The highest BCUT2D eigenvalue weighted by molar-refractivity contribution is 7.09. The summed E-state index contributed by atoms with van der Waals surface area (Å²) >= 11 is 1.58. The number of aromatic nitrogens is 2. The van der Waals surface area contributed by atoms with Crippen LogP contribution in [0.25, 0.3) is 11.1 Å². The lowest BCUT2D eigenvalue weighted by Gasteiger charge is -2.34. The van der Waals surface area contributed by atoms with Crippen LogP contribution in [-0.4, -0.2) is 27.0 Å². The quantitative estimate of drug-likeness (QED) is 0.758. The summed E-state index contributed by atoms with van der Waals surface area (Å²) in [6.07, 6.45) is 4.78. The van der Waals surface area contributed by atoms with Crippen molar-refractivity contribution in [2.45, 2.75) is 38.8 Å². The molecule has 1 atom stereocenters. The number of fused-ring (bicyclic) bond motifs is 1. The maximum atomic E-state index is 12.8. The molecule has 0 saturated carbocycles. The summed E-state index contributed by atoms with van der Waals surface area (Å²) in [5.41, 5.74) is 1.82. The van der Waals surface area contributed by atoms with Gasteiger partial charge in [0, 0.05) is 36.4 Å². The molecule has 1 aromatic carbocycles. The van der Waals surface area contributed by atoms with Gasteiger partial charge in [0.25, 0.3) is 0 Å². The number of piperidine rings is 1. The number of amides is 2. The highest BCUT2D eigenvalue weighted by Gasteiger charge is 2.29. The molecule has 136 valence electrons. The molecule has 0 bridgehead atoms. The van der Waals surface area contributed by atoms with E-state index in [1.165, 1.54) is 0 Å².